The highest BCUT2D eigenvalue weighted by molar-refractivity contribution is 5.52. The van der Waals surface area contributed by atoms with Crippen LogP contribution >= 0.6 is 0 Å². The van der Waals surface area contributed by atoms with Crippen LogP contribution in [-0.4, -0.2) is 24.3 Å². The Bertz CT molecular complexity index is 317. The van der Waals surface area contributed by atoms with Crippen molar-refractivity contribution >= 4 is 6.08 Å². The number of rotatable bonds is 6. The average molecular weight is 219 g/mol. The minimum Gasteiger partial charge on any atom is -0.393 e. The van der Waals surface area contributed by atoms with E-state index in [0.717, 1.165) is 19.5 Å². The van der Waals surface area contributed by atoms with Crippen LogP contribution in [0.5, 0.6) is 0 Å². The first-order valence-electron chi connectivity index (χ1n) is 5.79. The lowest BCUT2D eigenvalue weighted by Gasteiger charge is -2.06. The number of hydrogen-bond donors (Lipinski definition) is 2. The highest BCUT2D eigenvalue weighted by Crippen LogP contribution is 2.05. The zero-order chi connectivity index (χ0) is 11.8. The van der Waals surface area contributed by atoms with Crippen molar-refractivity contribution in [2.75, 3.05) is 13.1 Å². The maximum absolute atomic E-state index is 9.10. The molecule has 2 heteroatoms. The number of aliphatic hydroxyl groups is 1. The Labute approximate surface area is 98.0 Å². The van der Waals surface area contributed by atoms with Gasteiger partial charge >= 0.3 is 0 Å². The molecule has 1 aromatic carbocycles. The van der Waals surface area contributed by atoms with Crippen molar-refractivity contribution in [2.45, 2.75) is 26.4 Å². The standard InChI is InChI=1S/C14H21NO/c1-12(11-15-9-8-13(2)16)10-14-6-4-3-5-7-14/h3-7,10,13,15-16H,8-9,11H2,1-2H3. The number of benzene rings is 1. The molecule has 88 valence electrons. The molecule has 0 heterocycles. The molecule has 0 radical (unpaired) electrons. The van der Waals surface area contributed by atoms with Crippen molar-refractivity contribution in [3.63, 3.8) is 0 Å². The molecular formula is C14H21NO. The van der Waals surface area contributed by atoms with Crippen molar-refractivity contribution in [1.29, 1.82) is 0 Å². The summed E-state index contributed by atoms with van der Waals surface area (Å²) in [5.74, 6) is 0. The van der Waals surface area contributed by atoms with Crippen LogP contribution in [0.15, 0.2) is 35.9 Å². The summed E-state index contributed by atoms with van der Waals surface area (Å²) in [7, 11) is 0. The third-order valence-electron chi connectivity index (χ3n) is 2.36. The Kier molecular flexibility index (Phi) is 5.83. The van der Waals surface area contributed by atoms with Crippen LogP contribution < -0.4 is 5.32 Å². The predicted octanol–water partition coefficient (Wildman–Crippen LogP) is 2.45. The van der Waals surface area contributed by atoms with Gasteiger partial charge in [0.05, 0.1) is 6.10 Å². The lowest BCUT2D eigenvalue weighted by Crippen LogP contribution is -2.20. The van der Waals surface area contributed by atoms with E-state index in [4.69, 9.17) is 5.11 Å². The fourth-order valence-corrected chi connectivity index (χ4v) is 1.48. The molecule has 0 aliphatic carbocycles. The third-order valence-corrected chi connectivity index (χ3v) is 2.36. The van der Waals surface area contributed by atoms with E-state index in [1.54, 1.807) is 0 Å². The lowest BCUT2D eigenvalue weighted by molar-refractivity contribution is 0.184. The summed E-state index contributed by atoms with van der Waals surface area (Å²) < 4.78 is 0. The second kappa shape index (κ2) is 7.20. The Balaban J connectivity index is 2.30. The second-order valence-electron chi connectivity index (χ2n) is 4.22. The van der Waals surface area contributed by atoms with Crippen molar-refractivity contribution in [3.05, 3.63) is 41.5 Å². The van der Waals surface area contributed by atoms with Gasteiger partial charge in [-0.3, -0.25) is 0 Å². The van der Waals surface area contributed by atoms with Gasteiger partial charge < -0.3 is 10.4 Å². The topological polar surface area (TPSA) is 32.3 Å². The number of aliphatic hydroxyl groups excluding tert-OH is 1. The fraction of sp³-hybridized carbons (Fsp3) is 0.429. The molecule has 1 rings (SSSR count). The first-order valence-corrected chi connectivity index (χ1v) is 5.79. The summed E-state index contributed by atoms with van der Waals surface area (Å²) >= 11 is 0. The van der Waals surface area contributed by atoms with Gasteiger partial charge in [0.2, 0.25) is 0 Å². The van der Waals surface area contributed by atoms with E-state index >= 15 is 0 Å². The molecule has 0 amide bonds. The molecule has 1 unspecified atom stereocenters. The SMILES string of the molecule is CC(=Cc1ccccc1)CNCCC(C)O. The van der Waals surface area contributed by atoms with E-state index in [1.807, 2.05) is 25.1 Å². The van der Waals surface area contributed by atoms with Crippen LogP contribution in [-0.2, 0) is 0 Å². The van der Waals surface area contributed by atoms with Crippen LogP contribution in [0, 0.1) is 0 Å². The first-order chi connectivity index (χ1) is 7.68. The number of hydrogen-bond acceptors (Lipinski definition) is 2. The van der Waals surface area contributed by atoms with E-state index < -0.39 is 0 Å². The van der Waals surface area contributed by atoms with Gasteiger partial charge in [-0.15, -0.1) is 0 Å². The molecular weight excluding hydrogens is 198 g/mol. The quantitative estimate of drug-likeness (QED) is 0.720. The Morgan fingerprint density at radius 1 is 1.38 bits per heavy atom. The second-order valence-corrected chi connectivity index (χ2v) is 4.22. The van der Waals surface area contributed by atoms with Gasteiger partial charge in [0.1, 0.15) is 0 Å². The predicted molar refractivity (Wildman–Crippen MR) is 69.3 cm³/mol. The van der Waals surface area contributed by atoms with E-state index in [-0.39, 0.29) is 6.10 Å². The molecule has 2 nitrogen and oxygen atoms in total. The smallest absolute Gasteiger partial charge is 0.0524 e. The summed E-state index contributed by atoms with van der Waals surface area (Å²) in [6.07, 6.45) is 2.76. The molecule has 0 saturated carbocycles. The Morgan fingerprint density at radius 2 is 2.06 bits per heavy atom. The minimum atomic E-state index is -0.217. The minimum absolute atomic E-state index is 0.217. The van der Waals surface area contributed by atoms with E-state index in [1.165, 1.54) is 11.1 Å². The van der Waals surface area contributed by atoms with Crippen molar-refractivity contribution in [2.24, 2.45) is 0 Å². The third kappa shape index (κ3) is 5.69. The summed E-state index contributed by atoms with van der Waals surface area (Å²) in [6.45, 7) is 5.66. The molecule has 0 bridgehead atoms. The Hall–Kier alpha value is -1.12. The molecule has 0 aliphatic heterocycles. The highest BCUT2D eigenvalue weighted by Gasteiger charge is 1.95. The van der Waals surface area contributed by atoms with Crippen LogP contribution in [0.4, 0.5) is 0 Å². The maximum Gasteiger partial charge on any atom is 0.0524 e. The van der Waals surface area contributed by atoms with E-state index in [9.17, 15) is 0 Å². The normalized spacial score (nSPS) is 13.8. The molecule has 0 aliphatic rings. The highest BCUT2D eigenvalue weighted by atomic mass is 16.3. The number of nitrogens with one attached hydrogen (secondary N) is 1. The van der Waals surface area contributed by atoms with Gasteiger partial charge in [0.15, 0.2) is 0 Å². The lowest BCUT2D eigenvalue weighted by atomic mass is 10.1. The zero-order valence-corrected chi connectivity index (χ0v) is 10.1. The van der Waals surface area contributed by atoms with Gasteiger partial charge in [-0.2, -0.15) is 0 Å². The largest absolute Gasteiger partial charge is 0.393 e. The summed E-state index contributed by atoms with van der Waals surface area (Å²) in [6, 6.07) is 10.3. The molecule has 0 saturated heterocycles. The van der Waals surface area contributed by atoms with Gasteiger partial charge in [0, 0.05) is 6.54 Å². The average Bonchev–Trinajstić information content (AvgIpc) is 2.25. The van der Waals surface area contributed by atoms with E-state index in [0.29, 0.717) is 0 Å². The van der Waals surface area contributed by atoms with Crippen LogP contribution in [0.25, 0.3) is 6.08 Å². The fourth-order valence-electron chi connectivity index (χ4n) is 1.48. The van der Waals surface area contributed by atoms with Crippen LogP contribution in [0.3, 0.4) is 0 Å². The maximum atomic E-state index is 9.10. The van der Waals surface area contributed by atoms with Crippen LogP contribution in [0.2, 0.25) is 0 Å². The first kappa shape index (κ1) is 12.9. The van der Waals surface area contributed by atoms with Gasteiger partial charge in [-0.1, -0.05) is 42.0 Å². The summed E-state index contributed by atoms with van der Waals surface area (Å²) in [5, 5.41) is 12.4. The van der Waals surface area contributed by atoms with Crippen molar-refractivity contribution < 1.29 is 5.11 Å². The molecule has 1 atom stereocenters. The van der Waals surface area contributed by atoms with E-state index in [2.05, 4.69) is 30.4 Å². The molecule has 1 aromatic rings. The van der Waals surface area contributed by atoms with Crippen molar-refractivity contribution in [1.82, 2.24) is 5.32 Å². The zero-order valence-electron chi connectivity index (χ0n) is 10.1. The monoisotopic (exact) mass is 219 g/mol. The van der Waals surface area contributed by atoms with Crippen LogP contribution in [0.1, 0.15) is 25.8 Å². The molecule has 0 fully saturated rings. The van der Waals surface area contributed by atoms with Crippen molar-refractivity contribution in [3.8, 4) is 0 Å². The summed E-state index contributed by atoms with van der Waals surface area (Å²) in [4.78, 5) is 0. The molecule has 0 aromatic heterocycles. The Morgan fingerprint density at radius 3 is 2.69 bits per heavy atom. The van der Waals surface area contributed by atoms with Gasteiger partial charge in [-0.25, -0.2) is 0 Å². The summed E-state index contributed by atoms with van der Waals surface area (Å²) in [5.41, 5.74) is 2.54. The molecule has 0 spiro atoms. The van der Waals surface area contributed by atoms with Gasteiger partial charge in [-0.05, 0) is 32.4 Å². The molecule has 2 N–H and O–H groups in total. The molecule has 16 heavy (non-hydrogen) atoms. The van der Waals surface area contributed by atoms with Gasteiger partial charge in [0.25, 0.3) is 0 Å².